The molecule has 0 aliphatic carbocycles. The first-order valence-corrected chi connectivity index (χ1v) is 8.96. The molecule has 0 saturated heterocycles. The number of aromatic nitrogens is 2. The number of non-ortho nitro benzene ring substituents is 1. The van der Waals surface area contributed by atoms with Crippen LogP contribution in [0.25, 0.3) is 22.8 Å². The highest BCUT2D eigenvalue weighted by molar-refractivity contribution is 5.62. The van der Waals surface area contributed by atoms with Gasteiger partial charge < -0.3 is 9.26 Å². The summed E-state index contributed by atoms with van der Waals surface area (Å²) in [5.41, 5.74) is 3.46. The number of nitro groups is 1. The van der Waals surface area contributed by atoms with Crippen LogP contribution in [0, 0.1) is 17.0 Å². The molecule has 1 aromatic heterocycles. The first kappa shape index (κ1) is 18.4. The standard InChI is InChI=1S/C22H17N3O4/c1-15-8-10-16(11-9-15)14-28-20-7-3-4-17(13-20)21-23-22(29-24-21)18-5-2-6-19(12-18)25(26)27/h2-13H,14H2,1H3. The van der Waals surface area contributed by atoms with Crippen LogP contribution in [0.5, 0.6) is 5.75 Å². The highest BCUT2D eigenvalue weighted by atomic mass is 16.6. The Morgan fingerprint density at radius 2 is 1.76 bits per heavy atom. The molecule has 4 aromatic rings. The van der Waals surface area contributed by atoms with E-state index in [1.54, 1.807) is 12.1 Å². The van der Waals surface area contributed by atoms with E-state index in [9.17, 15) is 10.1 Å². The lowest BCUT2D eigenvalue weighted by atomic mass is 10.1. The number of ether oxygens (including phenoxy) is 1. The Morgan fingerprint density at radius 1 is 1.00 bits per heavy atom. The van der Waals surface area contributed by atoms with Crippen molar-refractivity contribution in [1.29, 1.82) is 0 Å². The SMILES string of the molecule is Cc1ccc(COc2cccc(-c3noc(-c4cccc([N+](=O)[O-])c4)n3)c2)cc1. The first-order valence-electron chi connectivity index (χ1n) is 8.96. The summed E-state index contributed by atoms with van der Waals surface area (Å²) in [6, 6.07) is 21.6. The van der Waals surface area contributed by atoms with Gasteiger partial charge in [0.25, 0.3) is 11.6 Å². The van der Waals surface area contributed by atoms with E-state index in [1.165, 1.54) is 17.7 Å². The topological polar surface area (TPSA) is 91.3 Å². The summed E-state index contributed by atoms with van der Waals surface area (Å²) < 4.78 is 11.2. The molecule has 0 bridgehead atoms. The number of nitrogens with zero attached hydrogens (tertiary/aromatic N) is 3. The first-order chi connectivity index (χ1) is 14.1. The molecule has 4 rings (SSSR count). The van der Waals surface area contributed by atoms with Crippen molar-refractivity contribution in [2.45, 2.75) is 13.5 Å². The summed E-state index contributed by atoms with van der Waals surface area (Å²) in [7, 11) is 0. The molecule has 7 heteroatoms. The fraction of sp³-hybridized carbons (Fsp3) is 0.0909. The zero-order valence-corrected chi connectivity index (χ0v) is 15.6. The maximum atomic E-state index is 11.0. The lowest BCUT2D eigenvalue weighted by Gasteiger charge is -2.07. The van der Waals surface area contributed by atoms with Crippen LogP contribution < -0.4 is 4.74 Å². The molecule has 29 heavy (non-hydrogen) atoms. The van der Waals surface area contributed by atoms with Gasteiger partial charge in [0.2, 0.25) is 5.82 Å². The monoisotopic (exact) mass is 387 g/mol. The number of nitro benzene ring substituents is 1. The summed E-state index contributed by atoms with van der Waals surface area (Å²) in [6.45, 7) is 2.50. The van der Waals surface area contributed by atoms with Gasteiger partial charge >= 0.3 is 0 Å². The molecule has 0 fully saturated rings. The average molecular weight is 387 g/mol. The van der Waals surface area contributed by atoms with Crippen molar-refractivity contribution in [3.8, 4) is 28.6 Å². The van der Waals surface area contributed by atoms with E-state index >= 15 is 0 Å². The highest BCUT2D eigenvalue weighted by Gasteiger charge is 2.14. The van der Waals surface area contributed by atoms with Gasteiger partial charge in [-0.25, -0.2) is 0 Å². The number of rotatable bonds is 6. The predicted molar refractivity (Wildman–Crippen MR) is 107 cm³/mol. The summed E-state index contributed by atoms with van der Waals surface area (Å²) in [5, 5.41) is 14.9. The van der Waals surface area contributed by atoms with Gasteiger partial charge in [0.15, 0.2) is 0 Å². The third-order valence-corrected chi connectivity index (χ3v) is 4.35. The van der Waals surface area contributed by atoms with Gasteiger partial charge in [-0.05, 0) is 30.7 Å². The van der Waals surface area contributed by atoms with Crippen molar-refractivity contribution in [2.24, 2.45) is 0 Å². The normalized spacial score (nSPS) is 10.7. The zero-order valence-electron chi connectivity index (χ0n) is 15.6. The molecule has 0 saturated carbocycles. The largest absolute Gasteiger partial charge is 0.489 e. The van der Waals surface area contributed by atoms with E-state index in [0.29, 0.717) is 23.7 Å². The molecule has 7 nitrogen and oxygen atoms in total. The fourth-order valence-corrected chi connectivity index (χ4v) is 2.79. The molecular formula is C22H17N3O4. The van der Waals surface area contributed by atoms with E-state index in [2.05, 4.69) is 10.1 Å². The van der Waals surface area contributed by atoms with E-state index in [1.807, 2.05) is 55.5 Å². The summed E-state index contributed by atoms with van der Waals surface area (Å²) >= 11 is 0. The van der Waals surface area contributed by atoms with Gasteiger partial charge in [0.05, 0.1) is 4.92 Å². The molecule has 0 atom stereocenters. The number of hydrogen-bond donors (Lipinski definition) is 0. The summed E-state index contributed by atoms with van der Waals surface area (Å²) in [6.07, 6.45) is 0. The number of aryl methyl sites for hydroxylation is 1. The van der Waals surface area contributed by atoms with Gasteiger partial charge in [-0.1, -0.05) is 53.2 Å². The highest BCUT2D eigenvalue weighted by Crippen LogP contribution is 2.27. The van der Waals surface area contributed by atoms with Crippen LogP contribution >= 0.6 is 0 Å². The predicted octanol–water partition coefficient (Wildman–Crippen LogP) is 5.20. The Bertz CT molecular complexity index is 1150. The fourth-order valence-electron chi connectivity index (χ4n) is 2.79. The minimum atomic E-state index is -0.463. The molecular weight excluding hydrogens is 370 g/mol. The van der Waals surface area contributed by atoms with E-state index in [4.69, 9.17) is 9.26 Å². The molecule has 0 spiro atoms. The molecule has 1 heterocycles. The molecule has 0 aliphatic heterocycles. The molecule has 0 N–H and O–H groups in total. The Morgan fingerprint density at radius 3 is 2.55 bits per heavy atom. The van der Waals surface area contributed by atoms with Gasteiger partial charge in [0, 0.05) is 23.3 Å². The van der Waals surface area contributed by atoms with Crippen molar-refractivity contribution in [2.75, 3.05) is 0 Å². The third-order valence-electron chi connectivity index (χ3n) is 4.35. The van der Waals surface area contributed by atoms with Crippen LogP contribution in [0.15, 0.2) is 77.3 Å². The quantitative estimate of drug-likeness (QED) is 0.334. The lowest BCUT2D eigenvalue weighted by Crippen LogP contribution is -1.95. The smallest absolute Gasteiger partial charge is 0.270 e. The van der Waals surface area contributed by atoms with E-state index in [0.717, 1.165) is 11.1 Å². The van der Waals surface area contributed by atoms with Crippen molar-refractivity contribution in [3.63, 3.8) is 0 Å². The van der Waals surface area contributed by atoms with Gasteiger partial charge in [-0.2, -0.15) is 4.98 Å². The second kappa shape index (κ2) is 7.93. The number of hydrogen-bond acceptors (Lipinski definition) is 6. The minimum Gasteiger partial charge on any atom is -0.489 e. The Hall–Kier alpha value is -4.00. The van der Waals surface area contributed by atoms with Crippen LogP contribution in [0.3, 0.4) is 0 Å². The second-order valence-electron chi connectivity index (χ2n) is 6.53. The minimum absolute atomic E-state index is 0.0336. The van der Waals surface area contributed by atoms with Crippen LogP contribution in [0.1, 0.15) is 11.1 Å². The van der Waals surface area contributed by atoms with Crippen LogP contribution in [-0.2, 0) is 6.61 Å². The molecule has 0 amide bonds. The second-order valence-corrected chi connectivity index (χ2v) is 6.53. The van der Waals surface area contributed by atoms with E-state index in [-0.39, 0.29) is 11.6 Å². The van der Waals surface area contributed by atoms with Crippen molar-refractivity contribution in [1.82, 2.24) is 10.1 Å². The third kappa shape index (κ3) is 4.30. The molecule has 144 valence electrons. The maximum Gasteiger partial charge on any atom is 0.270 e. The molecule has 0 radical (unpaired) electrons. The summed E-state index contributed by atoms with van der Waals surface area (Å²) in [5.74, 6) is 1.28. The lowest BCUT2D eigenvalue weighted by molar-refractivity contribution is -0.384. The van der Waals surface area contributed by atoms with Crippen LogP contribution in [0.2, 0.25) is 0 Å². The van der Waals surface area contributed by atoms with Crippen molar-refractivity contribution in [3.05, 3.63) is 94.0 Å². The molecule has 0 unspecified atom stereocenters. The van der Waals surface area contributed by atoms with Gasteiger partial charge in [-0.3, -0.25) is 10.1 Å². The molecule has 3 aromatic carbocycles. The van der Waals surface area contributed by atoms with Gasteiger partial charge in [-0.15, -0.1) is 0 Å². The molecule has 0 aliphatic rings. The average Bonchev–Trinajstić information content (AvgIpc) is 3.24. The van der Waals surface area contributed by atoms with Crippen molar-refractivity contribution >= 4 is 5.69 Å². The summed E-state index contributed by atoms with van der Waals surface area (Å²) in [4.78, 5) is 14.9. The zero-order chi connectivity index (χ0) is 20.2. The van der Waals surface area contributed by atoms with Gasteiger partial charge in [0.1, 0.15) is 12.4 Å². The Balaban J connectivity index is 1.52. The maximum absolute atomic E-state index is 11.0. The van der Waals surface area contributed by atoms with Crippen molar-refractivity contribution < 1.29 is 14.2 Å². The number of benzene rings is 3. The van der Waals surface area contributed by atoms with E-state index < -0.39 is 4.92 Å². The van der Waals surface area contributed by atoms with Crippen LogP contribution in [0.4, 0.5) is 5.69 Å². The van der Waals surface area contributed by atoms with Crippen LogP contribution in [-0.4, -0.2) is 15.1 Å². The Labute approximate surface area is 166 Å². The Kier molecular flexibility index (Phi) is 5.03.